The minimum Gasteiger partial charge on any atom is -0.364 e. The average molecular weight is 223 g/mol. The number of hydrogen-bond acceptors (Lipinski definition) is 4. The summed E-state index contributed by atoms with van der Waals surface area (Å²) in [5.74, 6) is 0.0858. The first-order valence-corrected chi connectivity index (χ1v) is 5.59. The van der Waals surface area contributed by atoms with E-state index in [0.717, 1.165) is 31.6 Å². The standard InChI is InChI=1S/C11H17N3O2/c1-11(4-2-5-12-8-11)10(15)13-7-9-3-6-16-14-9/h3,6,12H,2,4-5,7-8H2,1H3,(H,13,15). The van der Waals surface area contributed by atoms with E-state index in [9.17, 15) is 4.79 Å². The van der Waals surface area contributed by atoms with Crippen molar-refractivity contribution in [3.8, 4) is 0 Å². The molecule has 1 fully saturated rings. The zero-order valence-electron chi connectivity index (χ0n) is 9.45. The van der Waals surface area contributed by atoms with E-state index in [1.54, 1.807) is 6.07 Å². The Morgan fingerprint density at radius 2 is 2.62 bits per heavy atom. The van der Waals surface area contributed by atoms with Gasteiger partial charge in [0.2, 0.25) is 5.91 Å². The quantitative estimate of drug-likeness (QED) is 0.790. The average Bonchev–Trinajstić information content (AvgIpc) is 2.79. The van der Waals surface area contributed by atoms with E-state index in [2.05, 4.69) is 15.8 Å². The van der Waals surface area contributed by atoms with E-state index >= 15 is 0 Å². The Morgan fingerprint density at radius 3 is 3.25 bits per heavy atom. The fraction of sp³-hybridized carbons (Fsp3) is 0.636. The summed E-state index contributed by atoms with van der Waals surface area (Å²) < 4.78 is 4.70. The van der Waals surface area contributed by atoms with Crippen LogP contribution in [-0.2, 0) is 11.3 Å². The van der Waals surface area contributed by atoms with Crippen LogP contribution >= 0.6 is 0 Å². The van der Waals surface area contributed by atoms with Gasteiger partial charge in [-0.3, -0.25) is 4.79 Å². The van der Waals surface area contributed by atoms with Crippen LogP contribution in [0.4, 0.5) is 0 Å². The van der Waals surface area contributed by atoms with E-state index in [1.807, 2.05) is 6.92 Å². The zero-order valence-corrected chi connectivity index (χ0v) is 9.45. The highest BCUT2D eigenvalue weighted by molar-refractivity contribution is 5.82. The van der Waals surface area contributed by atoms with Gasteiger partial charge in [-0.25, -0.2) is 0 Å². The summed E-state index contributed by atoms with van der Waals surface area (Å²) in [6, 6.07) is 1.75. The van der Waals surface area contributed by atoms with Gasteiger partial charge >= 0.3 is 0 Å². The Labute approximate surface area is 94.6 Å². The third kappa shape index (κ3) is 2.41. The predicted octanol–water partition coefficient (Wildman–Crippen LogP) is 0.680. The van der Waals surface area contributed by atoms with Crippen LogP contribution in [0.2, 0.25) is 0 Å². The zero-order chi connectivity index (χ0) is 11.4. The van der Waals surface area contributed by atoms with Gasteiger partial charge in [0.15, 0.2) is 0 Å². The van der Waals surface area contributed by atoms with Gasteiger partial charge < -0.3 is 15.2 Å². The van der Waals surface area contributed by atoms with Gasteiger partial charge in [0.05, 0.1) is 12.0 Å². The van der Waals surface area contributed by atoms with Gasteiger partial charge in [0.1, 0.15) is 12.0 Å². The van der Waals surface area contributed by atoms with Crippen LogP contribution in [0.5, 0.6) is 0 Å². The van der Waals surface area contributed by atoms with Crippen molar-refractivity contribution in [2.24, 2.45) is 5.41 Å². The molecule has 0 aromatic carbocycles. The molecule has 16 heavy (non-hydrogen) atoms. The molecule has 1 saturated heterocycles. The first-order chi connectivity index (χ1) is 7.71. The lowest BCUT2D eigenvalue weighted by molar-refractivity contribution is -0.131. The van der Waals surface area contributed by atoms with Gasteiger partial charge in [0, 0.05) is 12.6 Å². The first-order valence-electron chi connectivity index (χ1n) is 5.59. The van der Waals surface area contributed by atoms with Gasteiger partial charge in [-0.05, 0) is 26.3 Å². The summed E-state index contributed by atoms with van der Waals surface area (Å²) in [5.41, 5.74) is 0.461. The largest absolute Gasteiger partial charge is 0.364 e. The van der Waals surface area contributed by atoms with Crippen molar-refractivity contribution in [2.45, 2.75) is 26.3 Å². The SMILES string of the molecule is CC1(C(=O)NCc2ccon2)CCCNC1. The Balaban J connectivity index is 1.87. The second-order valence-electron chi connectivity index (χ2n) is 4.51. The molecule has 88 valence electrons. The second kappa shape index (κ2) is 4.65. The lowest BCUT2D eigenvalue weighted by atomic mass is 9.82. The van der Waals surface area contributed by atoms with Crippen molar-refractivity contribution in [2.75, 3.05) is 13.1 Å². The minimum absolute atomic E-state index is 0.0858. The minimum atomic E-state index is -0.290. The molecule has 0 aliphatic carbocycles. The number of aromatic nitrogens is 1. The van der Waals surface area contributed by atoms with Gasteiger partial charge in [-0.2, -0.15) is 0 Å². The van der Waals surface area contributed by atoms with E-state index in [-0.39, 0.29) is 11.3 Å². The molecule has 1 atom stereocenters. The van der Waals surface area contributed by atoms with Gasteiger partial charge in [0.25, 0.3) is 0 Å². The van der Waals surface area contributed by atoms with E-state index in [1.165, 1.54) is 6.26 Å². The summed E-state index contributed by atoms with van der Waals surface area (Å²) in [6.45, 7) is 4.19. The molecule has 0 saturated carbocycles. The lowest BCUT2D eigenvalue weighted by Crippen LogP contribution is -2.48. The number of amides is 1. The van der Waals surface area contributed by atoms with Crippen molar-refractivity contribution in [1.82, 2.24) is 15.8 Å². The fourth-order valence-corrected chi connectivity index (χ4v) is 1.96. The van der Waals surface area contributed by atoms with Crippen molar-refractivity contribution in [3.05, 3.63) is 18.0 Å². The molecule has 2 heterocycles. The van der Waals surface area contributed by atoms with Crippen molar-refractivity contribution < 1.29 is 9.32 Å². The van der Waals surface area contributed by atoms with E-state index < -0.39 is 0 Å². The van der Waals surface area contributed by atoms with Crippen molar-refractivity contribution in [3.63, 3.8) is 0 Å². The molecule has 1 aromatic heterocycles. The molecule has 0 spiro atoms. The molecule has 0 bridgehead atoms. The second-order valence-corrected chi connectivity index (χ2v) is 4.51. The smallest absolute Gasteiger partial charge is 0.227 e. The van der Waals surface area contributed by atoms with Crippen LogP contribution in [0.25, 0.3) is 0 Å². The van der Waals surface area contributed by atoms with Crippen LogP contribution in [0, 0.1) is 5.41 Å². The highest BCUT2D eigenvalue weighted by Gasteiger charge is 2.34. The van der Waals surface area contributed by atoms with Crippen LogP contribution in [-0.4, -0.2) is 24.2 Å². The molecule has 5 heteroatoms. The van der Waals surface area contributed by atoms with Gasteiger partial charge in [-0.1, -0.05) is 5.16 Å². The highest BCUT2D eigenvalue weighted by Crippen LogP contribution is 2.25. The topological polar surface area (TPSA) is 67.2 Å². The molecule has 1 unspecified atom stereocenters. The molecule has 5 nitrogen and oxygen atoms in total. The number of piperidine rings is 1. The maximum absolute atomic E-state index is 12.0. The number of hydrogen-bond donors (Lipinski definition) is 2. The Morgan fingerprint density at radius 1 is 1.75 bits per heavy atom. The summed E-state index contributed by atoms with van der Waals surface area (Å²) in [7, 11) is 0. The third-order valence-electron chi connectivity index (χ3n) is 3.07. The maximum Gasteiger partial charge on any atom is 0.227 e. The molecule has 2 N–H and O–H groups in total. The van der Waals surface area contributed by atoms with Crippen LogP contribution in [0.3, 0.4) is 0 Å². The molecular weight excluding hydrogens is 206 g/mol. The number of carbonyl (C=O) groups is 1. The maximum atomic E-state index is 12.0. The molecular formula is C11H17N3O2. The van der Waals surface area contributed by atoms with Crippen LogP contribution in [0.1, 0.15) is 25.5 Å². The first kappa shape index (κ1) is 11.1. The molecule has 1 aliphatic rings. The van der Waals surface area contributed by atoms with E-state index in [0.29, 0.717) is 6.54 Å². The molecule has 2 rings (SSSR count). The predicted molar refractivity (Wildman–Crippen MR) is 58.6 cm³/mol. The monoisotopic (exact) mass is 223 g/mol. The Kier molecular flexibility index (Phi) is 3.24. The van der Waals surface area contributed by atoms with Crippen molar-refractivity contribution >= 4 is 5.91 Å². The van der Waals surface area contributed by atoms with Crippen molar-refractivity contribution in [1.29, 1.82) is 0 Å². The summed E-state index contributed by atoms with van der Waals surface area (Å²) in [4.78, 5) is 12.0. The normalized spacial score (nSPS) is 25.3. The van der Waals surface area contributed by atoms with Crippen LogP contribution in [0.15, 0.2) is 16.9 Å². The van der Waals surface area contributed by atoms with Gasteiger partial charge in [-0.15, -0.1) is 0 Å². The number of nitrogens with zero attached hydrogens (tertiary/aromatic N) is 1. The lowest BCUT2D eigenvalue weighted by Gasteiger charge is -2.32. The molecule has 1 amide bonds. The Hall–Kier alpha value is -1.36. The number of rotatable bonds is 3. The molecule has 0 radical (unpaired) electrons. The highest BCUT2D eigenvalue weighted by atomic mass is 16.5. The number of nitrogens with one attached hydrogen (secondary N) is 2. The molecule has 1 aromatic rings. The van der Waals surface area contributed by atoms with Crippen LogP contribution < -0.4 is 10.6 Å². The Bertz CT molecular complexity index is 342. The number of carbonyl (C=O) groups excluding carboxylic acids is 1. The summed E-state index contributed by atoms with van der Waals surface area (Å²) in [6.07, 6.45) is 3.49. The summed E-state index contributed by atoms with van der Waals surface area (Å²) >= 11 is 0. The summed E-state index contributed by atoms with van der Waals surface area (Å²) in [5, 5.41) is 9.90. The fourth-order valence-electron chi connectivity index (χ4n) is 1.96. The molecule has 1 aliphatic heterocycles. The van der Waals surface area contributed by atoms with E-state index in [4.69, 9.17) is 4.52 Å². The third-order valence-corrected chi connectivity index (χ3v) is 3.07.